The highest BCUT2D eigenvalue weighted by molar-refractivity contribution is 6.36. The Morgan fingerprint density at radius 3 is 1.05 bits per heavy atom. The van der Waals surface area contributed by atoms with Gasteiger partial charge in [0.05, 0.1) is 57.2 Å². The van der Waals surface area contributed by atoms with Crippen LogP contribution in [0.2, 0.25) is 0 Å². The number of pyridine rings is 4. The first kappa shape index (κ1) is 53.7. The van der Waals surface area contributed by atoms with Gasteiger partial charge in [-0.15, -0.1) is 0 Å². The van der Waals surface area contributed by atoms with Gasteiger partial charge in [-0.1, -0.05) is 42.0 Å². The summed E-state index contributed by atoms with van der Waals surface area (Å²) in [6.07, 6.45) is -5.25. The largest absolute Gasteiger partial charge is 0.416 e. The van der Waals surface area contributed by atoms with E-state index in [1.807, 2.05) is 0 Å². The number of nitrogens with zero attached hydrogens (tertiary/aromatic N) is 8. The molecule has 2 aliphatic carbocycles. The number of hydrogen-bond donors (Lipinski definition) is 0. The van der Waals surface area contributed by atoms with Crippen LogP contribution in [0.25, 0.3) is 49.6 Å². The van der Waals surface area contributed by atoms with E-state index in [1.165, 1.54) is 37.3 Å². The van der Waals surface area contributed by atoms with Crippen LogP contribution >= 0.6 is 0 Å². The van der Waals surface area contributed by atoms with Crippen molar-refractivity contribution >= 4 is 44.7 Å². The maximum absolute atomic E-state index is 16.5. The summed E-state index contributed by atoms with van der Waals surface area (Å²) in [5, 5.41) is 33.9. The molecule has 0 amide bonds. The molecule has 3 aromatic carbocycles. The predicted octanol–water partition coefficient (Wildman–Crippen LogP) is 13.7. The van der Waals surface area contributed by atoms with E-state index in [2.05, 4.69) is 24.8 Å². The molecule has 0 aliphatic heterocycles. The molecule has 4 aromatic heterocycles. The summed E-state index contributed by atoms with van der Waals surface area (Å²) < 4.78 is 297. The van der Waals surface area contributed by atoms with Crippen molar-refractivity contribution in [2.24, 2.45) is 0 Å². The summed E-state index contributed by atoms with van der Waals surface area (Å²) in [5.41, 5.74) is -33.6. The number of benzene rings is 3. The molecule has 0 fully saturated rings. The van der Waals surface area contributed by atoms with Crippen molar-refractivity contribution in [1.29, 1.82) is 15.8 Å². The van der Waals surface area contributed by atoms with Crippen LogP contribution in [0.5, 0.6) is 0 Å². The molecular weight excluding hydrogens is 1100 g/mol. The molecule has 27 heteroatoms. The number of rotatable bonds is 6. The molecule has 79 heavy (non-hydrogen) atoms. The van der Waals surface area contributed by atoms with Crippen LogP contribution < -0.4 is 0 Å². The molecule has 0 atom stereocenters. The van der Waals surface area contributed by atoms with E-state index in [0.29, 0.717) is 17.7 Å². The number of allylic oxidation sites excluding steroid dienone is 5. The van der Waals surface area contributed by atoms with Gasteiger partial charge in [0.25, 0.3) is 47.6 Å². The minimum Gasteiger partial charge on any atom is -0.237 e. The number of aryl methyl sites for hydroxylation is 1. The molecule has 0 unspecified atom stereocenters. The van der Waals surface area contributed by atoms with Crippen molar-refractivity contribution < 1.29 is 83.4 Å². The number of fused-ring (bicyclic) bond motifs is 2. The zero-order valence-electron chi connectivity index (χ0n) is 37.9. The monoisotopic (exact) mass is 1110 g/mol. The molecule has 9 rings (SSSR count). The molecule has 0 bridgehead atoms. The van der Waals surface area contributed by atoms with Crippen LogP contribution in [-0.2, 0) is 6.18 Å². The van der Waals surface area contributed by atoms with Gasteiger partial charge in [-0.2, -0.15) is 84.0 Å². The topological polar surface area (TPSA) is 127 Å². The van der Waals surface area contributed by atoms with Gasteiger partial charge in [0.1, 0.15) is 12.1 Å². The van der Waals surface area contributed by atoms with Gasteiger partial charge in [0, 0.05) is 39.0 Å². The standard InChI is InChI=1S/C52H11F19N8/c1-14-3-5-16(6-4-14)22-28(30(33-39(57)48(65)78-49(66)40(33)58)34-41(59)50(67)79-51(68)42(34)60)25-19(12-73)23-18(11-72)21(15-7-9-17(10-8-15)52(69,70)71)27(24(23)20(13-74)26(25)43(22)75-2)29(31-35(53)44(61)76-45(62)36(31)54)32-37(55)46(63)77-47(64)38(32)56/h3-10H,1H3. The zero-order valence-corrected chi connectivity index (χ0v) is 37.9. The van der Waals surface area contributed by atoms with Gasteiger partial charge < -0.3 is 0 Å². The summed E-state index contributed by atoms with van der Waals surface area (Å²) >= 11 is 0. The second-order valence-electron chi connectivity index (χ2n) is 16.4. The van der Waals surface area contributed by atoms with Crippen LogP contribution in [0.4, 0.5) is 83.4 Å². The molecular formula is C52H11F19N8. The Bertz CT molecular complexity index is 4050. The van der Waals surface area contributed by atoms with Crippen LogP contribution in [0.3, 0.4) is 0 Å². The van der Waals surface area contributed by atoms with Crippen LogP contribution in [0.15, 0.2) is 48.5 Å². The Balaban J connectivity index is 1.69. The van der Waals surface area contributed by atoms with E-state index >= 15 is 70.2 Å². The minimum atomic E-state index is -5.25. The van der Waals surface area contributed by atoms with Crippen molar-refractivity contribution in [1.82, 2.24) is 19.9 Å². The van der Waals surface area contributed by atoms with Gasteiger partial charge in [0.15, 0.2) is 46.5 Å². The summed E-state index contributed by atoms with van der Waals surface area (Å²) in [6, 6.07) is 9.65. The van der Waals surface area contributed by atoms with Gasteiger partial charge in [-0.05, 0) is 46.9 Å². The molecule has 7 aromatic rings. The highest BCUT2D eigenvalue weighted by Crippen LogP contribution is 2.61. The van der Waals surface area contributed by atoms with E-state index < -0.39 is 217 Å². The van der Waals surface area contributed by atoms with Gasteiger partial charge in [0.2, 0.25) is 5.70 Å². The van der Waals surface area contributed by atoms with E-state index in [-0.39, 0.29) is 12.1 Å². The van der Waals surface area contributed by atoms with E-state index in [4.69, 9.17) is 6.57 Å². The molecule has 8 nitrogen and oxygen atoms in total. The number of alkyl halides is 3. The molecule has 392 valence electrons. The Labute approximate surface area is 426 Å². The zero-order chi connectivity index (χ0) is 57.8. The molecule has 0 N–H and O–H groups in total. The lowest BCUT2D eigenvalue weighted by molar-refractivity contribution is -0.137. The van der Waals surface area contributed by atoms with Crippen molar-refractivity contribution in [2.45, 2.75) is 13.1 Å². The number of halogens is 19. The average molecular weight is 1110 g/mol. The Morgan fingerprint density at radius 2 is 0.734 bits per heavy atom. The smallest absolute Gasteiger partial charge is 0.237 e. The molecule has 2 aliphatic rings. The fraction of sp³-hybridized carbons (Fsp3) is 0.0385. The Morgan fingerprint density at radius 1 is 0.430 bits per heavy atom. The van der Waals surface area contributed by atoms with Gasteiger partial charge >= 0.3 is 6.18 Å². The first-order valence-electron chi connectivity index (χ1n) is 21.1. The lowest BCUT2D eigenvalue weighted by atomic mass is 9.79. The minimum absolute atomic E-state index is 0.195. The molecule has 0 radical (unpaired) electrons. The summed E-state index contributed by atoms with van der Waals surface area (Å²) in [5.74, 6) is -43.8. The van der Waals surface area contributed by atoms with Crippen molar-refractivity contribution in [3.05, 3.63) is 232 Å². The van der Waals surface area contributed by atoms with Gasteiger partial charge in [-0.25, -0.2) is 40.0 Å². The second-order valence-corrected chi connectivity index (χ2v) is 16.4. The first-order chi connectivity index (χ1) is 37.3. The van der Waals surface area contributed by atoms with E-state index in [0.717, 1.165) is 12.1 Å². The quantitative estimate of drug-likeness (QED) is 0.0922. The third-order valence-corrected chi connectivity index (χ3v) is 12.3. The summed E-state index contributed by atoms with van der Waals surface area (Å²) in [4.78, 5) is 12.7. The second kappa shape index (κ2) is 19.1. The van der Waals surface area contributed by atoms with Crippen LogP contribution in [0, 0.1) is 142 Å². The lowest BCUT2D eigenvalue weighted by Gasteiger charge is -2.23. The Hall–Kier alpha value is -10.2. The van der Waals surface area contributed by atoms with E-state index in [1.54, 1.807) is 0 Å². The normalized spacial score (nSPS) is 12.9. The van der Waals surface area contributed by atoms with Crippen LogP contribution in [0.1, 0.15) is 77.9 Å². The molecule has 4 heterocycles. The third-order valence-electron chi connectivity index (χ3n) is 12.3. The predicted molar refractivity (Wildman–Crippen MR) is 232 cm³/mol. The molecule has 0 saturated heterocycles. The average Bonchev–Trinajstić information content (AvgIpc) is 2.95. The fourth-order valence-electron chi connectivity index (χ4n) is 9.12. The third kappa shape index (κ3) is 7.99. The van der Waals surface area contributed by atoms with Crippen LogP contribution in [-0.4, -0.2) is 19.9 Å². The maximum atomic E-state index is 16.5. The maximum Gasteiger partial charge on any atom is 0.416 e. The van der Waals surface area contributed by atoms with Crippen molar-refractivity contribution in [3.63, 3.8) is 0 Å². The first-order valence-corrected chi connectivity index (χ1v) is 21.1. The van der Waals surface area contributed by atoms with Gasteiger partial charge in [-0.3, -0.25) is 0 Å². The highest BCUT2D eigenvalue weighted by Gasteiger charge is 2.47. The van der Waals surface area contributed by atoms with E-state index in [9.17, 15) is 29.0 Å². The highest BCUT2D eigenvalue weighted by atomic mass is 19.4. The number of nitriles is 3. The fourth-order valence-corrected chi connectivity index (χ4v) is 9.12. The Kier molecular flexibility index (Phi) is 13.0. The van der Waals surface area contributed by atoms with Crippen molar-refractivity contribution in [3.8, 4) is 18.2 Å². The lowest BCUT2D eigenvalue weighted by Crippen LogP contribution is -2.14. The number of hydrogen-bond acceptors (Lipinski definition) is 7. The SMILES string of the molecule is [C-]#[N+]C1=C(c2ccc(C)cc2)C(=C(c2c(F)c(F)nc(F)c2F)c2c(F)c(F)nc(F)c2F)c2c(C#N)c3c(c(C#N)c21)C(=C(c1c(F)c(F)nc(F)c1F)c1c(F)c(F)nc(F)c1F)C(c1ccc(C(F)(F)F)cc1)=C3C#N. The van der Waals surface area contributed by atoms with Crippen molar-refractivity contribution in [2.75, 3.05) is 0 Å². The number of aromatic nitrogens is 4. The molecule has 0 saturated carbocycles. The molecule has 0 spiro atoms. The summed E-state index contributed by atoms with van der Waals surface area (Å²) in [6.45, 7) is 9.89. The summed E-state index contributed by atoms with van der Waals surface area (Å²) in [7, 11) is 0.